The van der Waals surface area contributed by atoms with Crippen LogP contribution in [0.1, 0.15) is 31.2 Å². The van der Waals surface area contributed by atoms with E-state index in [4.69, 9.17) is 5.26 Å². The molecule has 1 aliphatic carbocycles. The molecule has 0 atom stereocenters. The second-order valence-electron chi connectivity index (χ2n) is 4.88. The van der Waals surface area contributed by atoms with Crippen LogP contribution in [-0.4, -0.2) is 25.7 Å². The number of nitrogens with zero attached hydrogens (tertiary/aromatic N) is 1. The minimum atomic E-state index is -3.73. The van der Waals surface area contributed by atoms with E-state index in [1.165, 1.54) is 12.1 Å². The molecule has 1 aromatic carbocycles. The van der Waals surface area contributed by atoms with Crippen LogP contribution in [0.25, 0.3) is 0 Å². The summed E-state index contributed by atoms with van der Waals surface area (Å²) in [6.07, 6.45) is 2.07. The molecular formula is C13H15BrN2O3S. The maximum Gasteiger partial charge on any atom is 0.242 e. The number of halogens is 1. The highest BCUT2D eigenvalue weighted by atomic mass is 79.9. The van der Waals surface area contributed by atoms with Crippen molar-refractivity contribution in [2.75, 3.05) is 0 Å². The minimum absolute atomic E-state index is 0.0134. The van der Waals surface area contributed by atoms with Gasteiger partial charge in [-0.3, -0.25) is 0 Å². The van der Waals surface area contributed by atoms with Crippen molar-refractivity contribution in [1.29, 1.82) is 5.26 Å². The summed E-state index contributed by atoms with van der Waals surface area (Å²) in [4.78, 5) is -0.0134. The van der Waals surface area contributed by atoms with Gasteiger partial charge in [0, 0.05) is 10.5 Å². The molecule has 2 N–H and O–H groups in total. The quantitative estimate of drug-likeness (QED) is 0.863. The van der Waals surface area contributed by atoms with Crippen molar-refractivity contribution in [3.8, 4) is 6.07 Å². The molecule has 108 valence electrons. The molecule has 0 saturated heterocycles. The van der Waals surface area contributed by atoms with Gasteiger partial charge in [-0.1, -0.05) is 15.9 Å². The molecular weight excluding hydrogens is 344 g/mol. The molecule has 1 saturated carbocycles. The molecule has 0 radical (unpaired) electrons. The van der Waals surface area contributed by atoms with E-state index in [0.717, 1.165) is 0 Å². The molecule has 0 bridgehead atoms. The number of rotatable bonds is 3. The molecule has 1 aromatic rings. The molecule has 0 heterocycles. The first kappa shape index (κ1) is 15.4. The van der Waals surface area contributed by atoms with Gasteiger partial charge in [-0.2, -0.15) is 5.26 Å². The molecule has 20 heavy (non-hydrogen) atoms. The normalized spacial score (nSPS) is 23.2. The van der Waals surface area contributed by atoms with Gasteiger partial charge in [0.2, 0.25) is 10.0 Å². The van der Waals surface area contributed by atoms with Gasteiger partial charge >= 0.3 is 0 Å². The highest BCUT2D eigenvalue weighted by Crippen LogP contribution is 2.24. The van der Waals surface area contributed by atoms with Gasteiger partial charge in [0.15, 0.2) is 0 Å². The molecule has 1 fully saturated rings. The average Bonchev–Trinajstić information content (AvgIpc) is 2.41. The smallest absolute Gasteiger partial charge is 0.242 e. The largest absolute Gasteiger partial charge is 0.393 e. The molecule has 1 aliphatic rings. The first-order chi connectivity index (χ1) is 9.42. The van der Waals surface area contributed by atoms with Crippen LogP contribution in [-0.2, 0) is 10.0 Å². The Hall–Kier alpha value is -0.940. The highest BCUT2D eigenvalue weighted by molar-refractivity contribution is 9.10. The first-order valence-electron chi connectivity index (χ1n) is 6.32. The Kier molecular flexibility index (Phi) is 4.81. The van der Waals surface area contributed by atoms with E-state index in [1.54, 1.807) is 6.07 Å². The maximum atomic E-state index is 12.4. The number of hydrogen-bond acceptors (Lipinski definition) is 4. The van der Waals surface area contributed by atoms with Gasteiger partial charge in [0.25, 0.3) is 0 Å². The Balaban J connectivity index is 2.23. The molecule has 0 amide bonds. The van der Waals surface area contributed by atoms with E-state index >= 15 is 0 Å². The van der Waals surface area contributed by atoms with E-state index in [-0.39, 0.29) is 22.6 Å². The summed E-state index contributed by atoms with van der Waals surface area (Å²) < 4.78 is 28.0. The van der Waals surface area contributed by atoms with E-state index in [9.17, 15) is 13.5 Å². The van der Waals surface area contributed by atoms with E-state index in [2.05, 4.69) is 20.7 Å². The molecule has 0 spiro atoms. The SMILES string of the molecule is N#Cc1ccc(Br)cc1S(=O)(=O)NC1CCC(O)CC1. The van der Waals surface area contributed by atoms with Gasteiger partial charge in [0.1, 0.15) is 11.0 Å². The van der Waals surface area contributed by atoms with E-state index in [1.807, 2.05) is 6.07 Å². The van der Waals surface area contributed by atoms with Crippen LogP contribution in [0.2, 0.25) is 0 Å². The van der Waals surface area contributed by atoms with Crippen LogP contribution in [0.15, 0.2) is 27.6 Å². The molecule has 0 aromatic heterocycles. The molecule has 0 unspecified atom stereocenters. The predicted octanol–water partition coefficient (Wildman–Crippen LogP) is 1.90. The second-order valence-corrected chi connectivity index (χ2v) is 7.48. The third kappa shape index (κ3) is 3.58. The molecule has 7 heteroatoms. The number of aliphatic hydroxyl groups excluding tert-OH is 1. The van der Waals surface area contributed by atoms with Gasteiger partial charge < -0.3 is 5.11 Å². The minimum Gasteiger partial charge on any atom is -0.393 e. The summed E-state index contributed by atoms with van der Waals surface area (Å²) in [5, 5.41) is 18.5. The Morgan fingerprint density at radius 1 is 1.30 bits per heavy atom. The van der Waals surface area contributed by atoms with Crippen molar-refractivity contribution < 1.29 is 13.5 Å². The van der Waals surface area contributed by atoms with Crippen LogP contribution < -0.4 is 4.72 Å². The lowest BCUT2D eigenvalue weighted by molar-refractivity contribution is 0.120. The van der Waals surface area contributed by atoms with E-state index < -0.39 is 10.0 Å². The van der Waals surface area contributed by atoms with Crippen molar-refractivity contribution in [3.05, 3.63) is 28.2 Å². The summed E-state index contributed by atoms with van der Waals surface area (Å²) in [6.45, 7) is 0. The predicted molar refractivity (Wildman–Crippen MR) is 77.4 cm³/mol. The van der Waals surface area contributed by atoms with Crippen molar-refractivity contribution >= 4 is 26.0 Å². The Morgan fingerprint density at radius 2 is 1.95 bits per heavy atom. The number of nitrogens with one attached hydrogen (secondary N) is 1. The third-order valence-electron chi connectivity index (χ3n) is 3.37. The Labute approximate surface area is 126 Å². The average molecular weight is 359 g/mol. The van der Waals surface area contributed by atoms with Gasteiger partial charge in [-0.15, -0.1) is 0 Å². The fraction of sp³-hybridized carbons (Fsp3) is 0.462. The van der Waals surface area contributed by atoms with Crippen LogP contribution in [0.5, 0.6) is 0 Å². The summed E-state index contributed by atoms with van der Waals surface area (Å²) in [5.74, 6) is 0. The summed E-state index contributed by atoms with van der Waals surface area (Å²) >= 11 is 3.22. The van der Waals surface area contributed by atoms with Gasteiger partial charge in [-0.25, -0.2) is 13.1 Å². The number of aliphatic hydroxyl groups is 1. The standard InChI is InChI=1S/C13H15BrN2O3S/c14-10-2-1-9(8-15)13(7-10)20(18,19)16-11-3-5-12(17)6-4-11/h1-2,7,11-12,16-17H,3-6H2. The lowest BCUT2D eigenvalue weighted by atomic mass is 9.94. The summed E-state index contributed by atoms with van der Waals surface area (Å²) in [7, 11) is -3.73. The molecule has 0 aliphatic heterocycles. The summed E-state index contributed by atoms with van der Waals surface area (Å²) in [6, 6.07) is 6.25. The Morgan fingerprint density at radius 3 is 2.55 bits per heavy atom. The van der Waals surface area contributed by atoms with Crippen LogP contribution in [0, 0.1) is 11.3 Å². The van der Waals surface area contributed by atoms with Gasteiger partial charge in [0.05, 0.1) is 11.7 Å². The Bertz CT molecular complexity index is 632. The van der Waals surface area contributed by atoms with Crippen LogP contribution >= 0.6 is 15.9 Å². The zero-order chi connectivity index (χ0) is 14.8. The number of nitriles is 1. The topological polar surface area (TPSA) is 90.2 Å². The monoisotopic (exact) mass is 358 g/mol. The van der Waals surface area contributed by atoms with Crippen molar-refractivity contribution in [2.45, 2.75) is 42.7 Å². The second kappa shape index (κ2) is 6.22. The summed E-state index contributed by atoms with van der Waals surface area (Å²) in [5.41, 5.74) is 0.122. The lowest BCUT2D eigenvalue weighted by Crippen LogP contribution is -2.38. The van der Waals surface area contributed by atoms with Crippen molar-refractivity contribution in [3.63, 3.8) is 0 Å². The zero-order valence-corrected chi connectivity index (χ0v) is 13.1. The van der Waals surface area contributed by atoms with Crippen LogP contribution in [0.4, 0.5) is 0 Å². The maximum absolute atomic E-state index is 12.4. The lowest BCUT2D eigenvalue weighted by Gasteiger charge is -2.26. The number of benzene rings is 1. The third-order valence-corrected chi connectivity index (χ3v) is 5.43. The fourth-order valence-electron chi connectivity index (χ4n) is 2.29. The van der Waals surface area contributed by atoms with E-state index in [0.29, 0.717) is 30.2 Å². The zero-order valence-electron chi connectivity index (χ0n) is 10.7. The van der Waals surface area contributed by atoms with Crippen LogP contribution in [0.3, 0.4) is 0 Å². The number of sulfonamides is 1. The molecule has 5 nitrogen and oxygen atoms in total. The molecule has 2 rings (SSSR count). The first-order valence-corrected chi connectivity index (χ1v) is 8.60. The fourth-order valence-corrected chi connectivity index (χ4v) is 4.29. The van der Waals surface area contributed by atoms with Gasteiger partial charge in [-0.05, 0) is 43.9 Å². The number of hydrogen-bond donors (Lipinski definition) is 2. The van der Waals surface area contributed by atoms with Crippen molar-refractivity contribution in [2.24, 2.45) is 0 Å². The van der Waals surface area contributed by atoms with Crippen molar-refractivity contribution in [1.82, 2.24) is 4.72 Å². The highest BCUT2D eigenvalue weighted by Gasteiger charge is 2.26.